The Morgan fingerprint density at radius 1 is 1.12 bits per heavy atom. The minimum absolute atomic E-state index is 0.0116. The van der Waals surface area contributed by atoms with Crippen molar-refractivity contribution in [2.75, 3.05) is 7.11 Å². The molecule has 2 aromatic heterocycles. The summed E-state index contributed by atoms with van der Waals surface area (Å²) in [5, 5.41) is 11.3. The van der Waals surface area contributed by atoms with Crippen LogP contribution in [0.5, 0.6) is 5.75 Å². The molecule has 0 atom stereocenters. The standard InChI is InChI=1S/C28H20FN3O2/c1-34-22-9-6-18(7-10-22)16-32-17-20(23-4-2-3-5-27(23)32)12-19(14-30)28(33)25-15-31-26-13-21(29)8-11-24(25)26/h2-13,15,17,31H,16H2,1H3/b19-12+. The van der Waals surface area contributed by atoms with Crippen molar-refractivity contribution in [3.05, 3.63) is 107 Å². The fraction of sp³-hybridized carbons (Fsp3) is 0.0714. The zero-order chi connectivity index (χ0) is 23.7. The predicted molar refractivity (Wildman–Crippen MR) is 130 cm³/mol. The van der Waals surface area contributed by atoms with Crippen LogP contribution >= 0.6 is 0 Å². The molecule has 5 nitrogen and oxygen atoms in total. The molecule has 0 radical (unpaired) electrons. The highest BCUT2D eigenvalue weighted by Gasteiger charge is 2.18. The monoisotopic (exact) mass is 449 g/mol. The molecule has 0 fully saturated rings. The van der Waals surface area contributed by atoms with E-state index in [1.54, 1.807) is 19.3 Å². The van der Waals surface area contributed by atoms with Crippen LogP contribution in [0.2, 0.25) is 0 Å². The van der Waals surface area contributed by atoms with Gasteiger partial charge >= 0.3 is 0 Å². The number of nitrogens with one attached hydrogen (secondary N) is 1. The van der Waals surface area contributed by atoms with Gasteiger partial charge in [-0.05, 0) is 48.0 Å². The van der Waals surface area contributed by atoms with E-state index in [1.165, 1.54) is 18.3 Å². The second-order valence-electron chi connectivity index (χ2n) is 7.97. The van der Waals surface area contributed by atoms with E-state index in [0.717, 1.165) is 27.8 Å². The number of aromatic nitrogens is 2. The van der Waals surface area contributed by atoms with Gasteiger partial charge in [-0.15, -0.1) is 0 Å². The average Bonchev–Trinajstić information content (AvgIpc) is 3.43. The molecule has 0 bridgehead atoms. The molecule has 6 heteroatoms. The molecule has 0 spiro atoms. The number of halogens is 1. The molecule has 1 N–H and O–H groups in total. The van der Waals surface area contributed by atoms with Gasteiger partial charge in [-0.25, -0.2) is 4.39 Å². The van der Waals surface area contributed by atoms with Gasteiger partial charge in [0.15, 0.2) is 0 Å². The van der Waals surface area contributed by atoms with Crippen LogP contribution in [0.3, 0.4) is 0 Å². The quantitative estimate of drug-likeness (QED) is 0.193. The van der Waals surface area contributed by atoms with Crippen LogP contribution in [0.25, 0.3) is 27.9 Å². The lowest BCUT2D eigenvalue weighted by Gasteiger charge is -2.06. The molecule has 0 saturated carbocycles. The van der Waals surface area contributed by atoms with Gasteiger partial charge in [0, 0.05) is 51.9 Å². The second kappa shape index (κ2) is 8.72. The molecule has 0 aliphatic carbocycles. The lowest BCUT2D eigenvalue weighted by atomic mass is 10.0. The van der Waals surface area contributed by atoms with E-state index in [-0.39, 0.29) is 5.57 Å². The SMILES string of the molecule is COc1ccc(Cn2cc(/C=C(\C#N)C(=O)c3c[nH]c4cc(F)ccc34)c3ccccc32)cc1. The number of Topliss-reactive ketones (excluding diaryl/α,β-unsaturated/α-hetero) is 1. The van der Waals surface area contributed by atoms with Crippen molar-refractivity contribution in [3.8, 4) is 11.8 Å². The maximum absolute atomic E-state index is 13.5. The van der Waals surface area contributed by atoms with Crippen LogP contribution in [0.1, 0.15) is 21.5 Å². The van der Waals surface area contributed by atoms with E-state index in [0.29, 0.717) is 23.0 Å². The molecule has 0 aliphatic heterocycles. The number of H-pyrrole nitrogens is 1. The fourth-order valence-corrected chi connectivity index (χ4v) is 4.18. The molecule has 34 heavy (non-hydrogen) atoms. The topological polar surface area (TPSA) is 70.8 Å². The molecule has 5 rings (SSSR count). The van der Waals surface area contributed by atoms with Crippen LogP contribution in [0.4, 0.5) is 4.39 Å². The van der Waals surface area contributed by atoms with E-state index in [4.69, 9.17) is 4.74 Å². The predicted octanol–water partition coefficient (Wildman–Crippen LogP) is 6.11. The summed E-state index contributed by atoms with van der Waals surface area (Å²) < 4.78 is 20.9. The van der Waals surface area contributed by atoms with E-state index < -0.39 is 11.6 Å². The van der Waals surface area contributed by atoms with Gasteiger partial charge in [-0.3, -0.25) is 4.79 Å². The minimum Gasteiger partial charge on any atom is -0.497 e. The van der Waals surface area contributed by atoms with E-state index in [1.807, 2.05) is 54.7 Å². The number of nitrogens with zero attached hydrogens (tertiary/aromatic N) is 2. The Labute approximate surface area is 195 Å². The third-order valence-corrected chi connectivity index (χ3v) is 5.88. The van der Waals surface area contributed by atoms with Crippen molar-refractivity contribution in [1.29, 1.82) is 5.26 Å². The molecule has 0 aliphatic rings. The molecule has 5 aromatic rings. The number of aromatic amines is 1. The number of allylic oxidation sites excluding steroid dienone is 1. The number of methoxy groups -OCH3 is 1. The van der Waals surface area contributed by atoms with Crippen molar-refractivity contribution >= 4 is 33.7 Å². The van der Waals surface area contributed by atoms with Gasteiger partial charge in [0.25, 0.3) is 0 Å². The van der Waals surface area contributed by atoms with Gasteiger partial charge in [0.1, 0.15) is 23.2 Å². The Hall–Kier alpha value is -4.63. The number of ketones is 1. The second-order valence-corrected chi connectivity index (χ2v) is 7.97. The Morgan fingerprint density at radius 3 is 2.68 bits per heavy atom. The molecule has 0 saturated heterocycles. The van der Waals surface area contributed by atoms with E-state index >= 15 is 0 Å². The third kappa shape index (κ3) is 3.84. The average molecular weight is 449 g/mol. The van der Waals surface area contributed by atoms with Crippen LogP contribution < -0.4 is 4.74 Å². The third-order valence-electron chi connectivity index (χ3n) is 5.88. The summed E-state index contributed by atoms with van der Waals surface area (Å²) in [6, 6.07) is 22.0. The van der Waals surface area contributed by atoms with Crippen molar-refractivity contribution in [2.24, 2.45) is 0 Å². The number of carbonyl (C=O) groups is 1. The number of rotatable bonds is 6. The highest BCUT2D eigenvalue weighted by molar-refractivity contribution is 6.20. The van der Waals surface area contributed by atoms with Crippen LogP contribution in [-0.2, 0) is 6.54 Å². The summed E-state index contributed by atoms with van der Waals surface area (Å²) in [7, 11) is 1.63. The summed E-state index contributed by atoms with van der Waals surface area (Å²) in [6.07, 6.45) is 5.09. The first kappa shape index (κ1) is 21.2. The van der Waals surface area contributed by atoms with Crippen molar-refractivity contribution in [3.63, 3.8) is 0 Å². The lowest BCUT2D eigenvalue weighted by molar-refractivity contribution is 0.104. The first-order valence-corrected chi connectivity index (χ1v) is 10.7. The van der Waals surface area contributed by atoms with Crippen LogP contribution in [0.15, 0.2) is 84.7 Å². The summed E-state index contributed by atoms with van der Waals surface area (Å²) >= 11 is 0. The number of para-hydroxylation sites is 1. The van der Waals surface area contributed by atoms with Crippen molar-refractivity contribution < 1.29 is 13.9 Å². The van der Waals surface area contributed by atoms with Crippen molar-refractivity contribution in [1.82, 2.24) is 9.55 Å². The first-order valence-electron chi connectivity index (χ1n) is 10.7. The molecule has 0 unspecified atom stereocenters. The lowest BCUT2D eigenvalue weighted by Crippen LogP contribution is -2.01. The highest BCUT2D eigenvalue weighted by atomic mass is 19.1. The summed E-state index contributed by atoms with van der Waals surface area (Å²) in [5.41, 5.74) is 3.73. The maximum Gasteiger partial charge on any atom is 0.205 e. The molecular weight excluding hydrogens is 429 g/mol. The Morgan fingerprint density at radius 2 is 1.91 bits per heavy atom. The first-order chi connectivity index (χ1) is 16.6. The van der Waals surface area contributed by atoms with Crippen molar-refractivity contribution in [2.45, 2.75) is 6.54 Å². The zero-order valence-electron chi connectivity index (χ0n) is 18.4. The van der Waals surface area contributed by atoms with Gasteiger partial charge in [0.2, 0.25) is 5.78 Å². The molecule has 3 aromatic carbocycles. The summed E-state index contributed by atoms with van der Waals surface area (Å²) in [5.74, 6) is -0.0108. The fourth-order valence-electron chi connectivity index (χ4n) is 4.18. The Balaban J connectivity index is 1.54. The number of hydrogen-bond donors (Lipinski definition) is 1. The summed E-state index contributed by atoms with van der Waals surface area (Å²) in [4.78, 5) is 16.1. The largest absolute Gasteiger partial charge is 0.497 e. The molecule has 166 valence electrons. The number of benzene rings is 3. The normalized spacial score (nSPS) is 11.6. The number of ether oxygens (including phenoxy) is 1. The molecular formula is C28H20FN3O2. The highest BCUT2D eigenvalue weighted by Crippen LogP contribution is 2.27. The Bertz CT molecular complexity index is 1600. The molecule has 0 amide bonds. The number of fused-ring (bicyclic) bond motifs is 2. The van der Waals surface area contributed by atoms with E-state index in [9.17, 15) is 14.4 Å². The van der Waals surface area contributed by atoms with Gasteiger partial charge in [0.05, 0.1) is 7.11 Å². The maximum atomic E-state index is 13.5. The van der Waals surface area contributed by atoms with Crippen LogP contribution in [-0.4, -0.2) is 22.4 Å². The smallest absolute Gasteiger partial charge is 0.205 e. The minimum atomic E-state index is -0.410. The number of hydrogen-bond acceptors (Lipinski definition) is 3. The van der Waals surface area contributed by atoms with Gasteiger partial charge < -0.3 is 14.3 Å². The van der Waals surface area contributed by atoms with E-state index in [2.05, 4.69) is 15.6 Å². The summed E-state index contributed by atoms with van der Waals surface area (Å²) in [6.45, 7) is 0.627. The number of nitriles is 1. The van der Waals surface area contributed by atoms with Gasteiger partial charge in [-0.1, -0.05) is 30.3 Å². The zero-order valence-corrected chi connectivity index (χ0v) is 18.4. The Kier molecular flexibility index (Phi) is 5.44. The van der Waals surface area contributed by atoms with Gasteiger partial charge in [-0.2, -0.15) is 5.26 Å². The van der Waals surface area contributed by atoms with Crippen LogP contribution in [0, 0.1) is 17.1 Å². The molecule has 2 heterocycles. The number of carbonyl (C=O) groups excluding carboxylic acids is 1.